The van der Waals surface area contributed by atoms with E-state index in [1.165, 1.54) is 0 Å². The SMILES string of the molecule is Cn1c(-c2ccccc2)c(C(=O)c2ccccc2Cl)c2ccccc21. The number of hydrogen-bond donors (Lipinski definition) is 0. The van der Waals surface area contributed by atoms with E-state index in [1.54, 1.807) is 12.1 Å². The molecule has 0 aliphatic heterocycles. The molecule has 0 bridgehead atoms. The molecule has 3 aromatic carbocycles. The van der Waals surface area contributed by atoms with Crippen LogP contribution in [0.3, 0.4) is 0 Å². The molecule has 122 valence electrons. The lowest BCUT2D eigenvalue weighted by molar-refractivity contribution is 0.104. The molecule has 0 spiro atoms. The van der Waals surface area contributed by atoms with Gasteiger partial charge in [-0.05, 0) is 23.8 Å². The third-order valence-electron chi connectivity index (χ3n) is 4.50. The molecule has 0 amide bonds. The second-order valence-electron chi connectivity index (χ2n) is 5.97. The summed E-state index contributed by atoms with van der Waals surface area (Å²) in [6.07, 6.45) is 0. The summed E-state index contributed by atoms with van der Waals surface area (Å²) in [5, 5.41) is 1.41. The van der Waals surface area contributed by atoms with Crippen LogP contribution in [-0.4, -0.2) is 10.4 Å². The highest BCUT2D eigenvalue weighted by molar-refractivity contribution is 6.36. The van der Waals surface area contributed by atoms with Crippen molar-refractivity contribution in [2.24, 2.45) is 7.05 Å². The summed E-state index contributed by atoms with van der Waals surface area (Å²) in [4.78, 5) is 13.4. The van der Waals surface area contributed by atoms with E-state index in [4.69, 9.17) is 11.6 Å². The molecular weight excluding hydrogens is 330 g/mol. The van der Waals surface area contributed by atoms with Gasteiger partial charge >= 0.3 is 0 Å². The minimum Gasteiger partial charge on any atom is -0.343 e. The van der Waals surface area contributed by atoms with Crippen LogP contribution in [0, 0.1) is 0 Å². The van der Waals surface area contributed by atoms with Crippen LogP contribution in [-0.2, 0) is 7.05 Å². The number of benzene rings is 3. The molecule has 0 N–H and O–H groups in total. The summed E-state index contributed by atoms with van der Waals surface area (Å²) >= 11 is 6.30. The number of para-hydroxylation sites is 1. The third kappa shape index (κ3) is 2.55. The molecule has 25 heavy (non-hydrogen) atoms. The molecule has 2 nitrogen and oxygen atoms in total. The predicted octanol–water partition coefficient (Wildman–Crippen LogP) is 5.73. The Morgan fingerprint density at radius 2 is 1.48 bits per heavy atom. The van der Waals surface area contributed by atoms with Crippen molar-refractivity contribution in [2.75, 3.05) is 0 Å². The normalized spacial score (nSPS) is 11.0. The van der Waals surface area contributed by atoms with Gasteiger partial charge in [0.25, 0.3) is 0 Å². The first-order valence-corrected chi connectivity index (χ1v) is 8.48. The van der Waals surface area contributed by atoms with Gasteiger partial charge in [-0.15, -0.1) is 0 Å². The van der Waals surface area contributed by atoms with Crippen molar-refractivity contribution in [3.63, 3.8) is 0 Å². The standard InChI is InChI=1S/C22H16ClNO/c1-24-19-14-8-6-12-17(19)20(21(24)15-9-3-2-4-10-15)22(25)16-11-5-7-13-18(16)23/h2-14H,1H3. The van der Waals surface area contributed by atoms with Crippen molar-refractivity contribution < 1.29 is 4.79 Å². The number of aromatic nitrogens is 1. The Balaban J connectivity index is 2.06. The van der Waals surface area contributed by atoms with E-state index in [0.717, 1.165) is 22.2 Å². The molecule has 0 saturated heterocycles. The Hall–Kier alpha value is -2.84. The van der Waals surface area contributed by atoms with Gasteiger partial charge in [0.15, 0.2) is 5.78 Å². The van der Waals surface area contributed by atoms with Gasteiger partial charge in [-0.25, -0.2) is 0 Å². The predicted molar refractivity (Wildman–Crippen MR) is 103 cm³/mol. The number of rotatable bonds is 3. The van der Waals surface area contributed by atoms with Crippen LogP contribution in [0.2, 0.25) is 5.02 Å². The maximum absolute atomic E-state index is 13.4. The molecule has 0 aliphatic carbocycles. The monoisotopic (exact) mass is 345 g/mol. The van der Waals surface area contributed by atoms with Crippen molar-refractivity contribution in [2.45, 2.75) is 0 Å². The van der Waals surface area contributed by atoms with E-state index >= 15 is 0 Å². The second-order valence-corrected chi connectivity index (χ2v) is 6.38. The third-order valence-corrected chi connectivity index (χ3v) is 4.83. The average molecular weight is 346 g/mol. The zero-order valence-corrected chi connectivity index (χ0v) is 14.5. The van der Waals surface area contributed by atoms with Gasteiger partial charge in [-0.1, -0.05) is 72.3 Å². The fourth-order valence-electron chi connectivity index (χ4n) is 3.34. The van der Waals surface area contributed by atoms with E-state index in [0.29, 0.717) is 16.1 Å². The minimum atomic E-state index is -0.0544. The van der Waals surface area contributed by atoms with Crippen LogP contribution in [0.25, 0.3) is 22.2 Å². The van der Waals surface area contributed by atoms with E-state index in [-0.39, 0.29) is 5.78 Å². The van der Waals surface area contributed by atoms with Crippen LogP contribution in [0.4, 0.5) is 0 Å². The maximum atomic E-state index is 13.4. The van der Waals surface area contributed by atoms with Crippen molar-refractivity contribution in [1.29, 1.82) is 0 Å². The molecule has 4 aromatic rings. The molecule has 0 fully saturated rings. The molecule has 0 aliphatic rings. The van der Waals surface area contributed by atoms with Crippen LogP contribution in [0.15, 0.2) is 78.9 Å². The molecule has 0 saturated carbocycles. The van der Waals surface area contributed by atoms with Gasteiger partial charge in [-0.3, -0.25) is 4.79 Å². The van der Waals surface area contributed by atoms with Gasteiger partial charge in [0, 0.05) is 23.5 Å². The van der Waals surface area contributed by atoms with Gasteiger partial charge in [0.05, 0.1) is 16.3 Å². The first kappa shape index (κ1) is 15.7. The topological polar surface area (TPSA) is 22.0 Å². The smallest absolute Gasteiger partial charge is 0.197 e. The Morgan fingerprint density at radius 1 is 0.840 bits per heavy atom. The van der Waals surface area contributed by atoms with Crippen molar-refractivity contribution >= 4 is 28.3 Å². The largest absolute Gasteiger partial charge is 0.343 e. The quantitative estimate of drug-likeness (QED) is 0.434. The zero-order valence-electron chi connectivity index (χ0n) is 13.7. The van der Waals surface area contributed by atoms with Crippen molar-refractivity contribution in [1.82, 2.24) is 4.57 Å². The summed E-state index contributed by atoms with van der Waals surface area (Å²) in [6.45, 7) is 0. The highest BCUT2D eigenvalue weighted by Gasteiger charge is 2.24. The summed E-state index contributed by atoms with van der Waals surface area (Å²) < 4.78 is 2.08. The maximum Gasteiger partial charge on any atom is 0.197 e. The van der Waals surface area contributed by atoms with Crippen LogP contribution in [0.5, 0.6) is 0 Å². The van der Waals surface area contributed by atoms with Gasteiger partial charge in [-0.2, -0.15) is 0 Å². The molecule has 1 aromatic heterocycles. The van der Waals surface area contributed by atoms with Gasteiger partial charge in [0.2, 0.25) is 0 Å². The number of aryl methyl sites for hydroxylation is 1. The lowest BCUT2D eigenvalue weighted by Crippen LogP contribution is -2.04. The number of carbonyl (C=O) groups is 1. The lowest BCUT2D eigenvalue weighted by Gasteiger charge is -2.09. The lowest BCUT2D eigenvalue weighted by atomic mass is 9.97. The first-order chi connectivity index (χ1) is 12.2. The fourth-order valence-corrected chi connectivity index (χ4v) is 3.56. The fraction of sp³-hybridized carbons (Fsp3) is 0.0455. The number of hydrogen-bond acceptors (Lipinski definition) is 1. The zero-order chi connectivity index (χ0) is 17.4. The van der Waals surface area contributed by atoms with E-state index in [1.807, 2.05) is 73.8 Å². The Labute approximate surface area is 151 Å². The number of ketones is 1. The minimum absolute atomic E-state index is 0.0544. The summed E-state index contributed by atoms with van der Waals surface area (Å²) in [7, 11) is 1.99. The molecule has 0 unspecified atom stereocenters. The summed E-state index contributed by atoms with van der Waals surface area (Å²) in [5.74, 6) is -0.0544. The van der Waals surface area contributed by atoms with Crippen LogP contribution < -0.4 is 0 Å². The molecule has 4 rings (SSSR count). The highest BCUT2D eigenvalue weighted by Crippen LogP contribution is 2.35. The van der Waals surface area contributed by atoms with E-state index in [9.17, 15) is 4.79 Å². The van der Waals surface area contributed by atoms with Gasteiger partial charge < -0.3 is 4.57 Å². The van der Waals surface area contributed by atoms with Crippen molar-refractivity contribution in [3.05, 3.63) is 95.0 Å². The van der Waals surface area contributed by atoms with Crippen molar-refractivity contribution in [3.8, 4) is 11.3 Å². The molecular formula is C22H16ClNO. The summed E-state index contributed by atoms with van der Waals surface area (Å²) in [5.41, 5.74) is 4.16. The number of carbonyl (C=O) groups excluding carboxylic acids is 1. The molecule has 0 atom stereocenters. The second kappa shape index (κ2) is 6.23. The summed E-state index contributed by atoms with van der Waals surface area (Å²) in [6, 6.07) is 25.2. The number of fused-ring (bicyclic) bond motifs is 1. The van der Waals surface area contributed by atoms with Crippen LogP contribution >= 0.6 is 11.6 Å². The van der Waals surface area contributed by atoms with E-state index < -0.39 is 0 Å². The number of halogens is 1. The molecule has 3 heteroatoms. The first-order valence-electron chi connectivity index (χ1n) is 8.10. The molecule has 1 heterocycles. The highest BCUT2D eigenvalue weighted by atomic mass is 35.5. The Morgan fingerprint density at radius 3 is 2.24 bits per heavy atom. The average Bonchev–Trinajstić information content (AvgIpc) is 2.95. The van der Waals surface area contributed by atoms with Crippen LogP contribution in [0.1, 0.15) is 15.9 Å². The Kier molecular flexibility index (Phi) is 3.90. The molecule has 0 radical (unpaired) electrons. The number of nitrogens with zero attached hydrogens (tertiary/aromatic N) is 1. The van der Waals surface area contributed by atoms with E-state index in [2.05, 4.69) is 4.57 Å². The Bertz CT molecular complexity index is 1080. The van der Waals surface area contributed by atoms with Gasteiger partial charge in [0.1, 0.15) is 0 Å².